The lowest BCUT2D eigenvalue weighted by Gasteiger charge is -2.55. The van der Waals surface area contributed by atoms with E-state index in [9.17, 15) is 4.79 Å². The van der Waals surface area contributed by atoms with E-state index in [2.05, 4.69) is 32.3 Å². The number of fused-ring (bicyclic) bond motifs is 2. The largest absolute Gasteiger partial charge is 0.486 e. The molecule has 8 rings (SSSR count). The van der Waals surface area contributed by atoms with Crippen LogP contribution >= 0.6 is 0 Å². The van der Waals surface area contributed by atoms with Crippen LogP contribution in [0.2, 0.25) is 0 Å². The van der Waals surface area contributed by atoms with Gasteiger partial charge in [0.15, 0.2) is 11.5 Å². The standard InChI is InChI=1S/C27H32N4O3/c32-26(27-11-18-7-19(12-27)9-20(8-18)13-27)30-25-21-3-4-31(15-22(21)28-16-29-25)14-17-1-2-23-24(10-17)34-6-5-33-23/h1-2,10,16,18-20H,3-9,11-15H2,(H,28,29,30,32). The molecule has 4 saturated carbocycles. The summed E-state index contributed by atoms with van der Waals surface area (Å²) in [5.41, 5.74) is 3.18. The summed E-state index contributed by atoms with van der Waals surface area (Å²) in [7, 11) is 0. The average Bonchev–Trinajstić information content (AvgIpc) is 2.83. The number of nitrogens with zero attached hydrogens (tertiary/aromatic N) is 3. The SMILES string of the molecule is O=C(Nc1ncnc2c1CCN(Cc1ccc3c(c1)OCCO3)C2)C12CC3CC(CC(C3)C1)C2. The van der Waals surface area contributed by atoms with Crippen LogP contribution in [0.3, 0.4) is 0 Å². The molecule has 0 saturated heterocycles. The highest BCUT2D eigenvalue weighted by atomic mass is 16.6. The van der Waals surface area contributed by atoms with Gasteiger partial charge in [-0.25, -0.2) is 9.97 Å². The van der Waals surface area contributed by atoms with Gasteiger partial charge in [0, 0.05) is 25.2 Å². The van der Waals surface area contributed by atoms with Gasteiger partial charge in [0.2, 0.25) is 5.91 Å². The van der Waals surface area contributed by atoms with Crippen molar-refractivity contribution in [1.82, 2.24) is 14.9 Å². The minimum atomic E-state index is -0.161. The molecule has 1 amide bonds. The van der Waals surface area contributed by atoms with E-state index in [0.717, 1.165) is 91.6 Å². The zero-order chi connectivity index (χ0) is 22.7. The van der Waals surface area contributed by atoms with Crippen LogP contribution < -0.4 is 14.8 Å². The van der Waals surface area contributed by atoms with Gasteiger partial charge < -0.3 is 14.8 Å². The zero-order valence-electron chi connectivity index (χ0n) is 19.6. The maximum atomic E-state index is 13.6. The minimum absolute atomic E-state index is 0.161. The number of hydrogen-bond acceptors (Lipinski definition) is 6. The first-order valence-electron chi connectivity index (χ1n) is 12.9. The maximum absolute atomic E-state index is 13.6. The van der Waals surface area contributed by atoms with Crippen molar-refractivity contribution in [2.24, 2.45) is 23.2 Å². The van der Waals surface area contributed by atoms with Gasteiger partial charge in [0.05, 0.1) is 11.1 Å². The number of aromatic nitrogens is 2. The van der Waals surface area contributed by atoms with E-state index in [1.54, 1.807) is 6.33 Å². The Morgan fingerprint density at radius 2 is 1.76 bits per heavy atom. The van der Waals surface area contributed by atoms with E-state index in [4.69, 9.17) is 9.47 Å². The molecule has 178 valence electrons. The van der Waals surface area contributed by atoms with Gasteiger partial charge in [-0.15, -0.1) is 0 Å². The Balaban J connectivity index is 1.06. The van der Waals surface area contributed by atoms with E-state index in [0.29, 0.717) is 13.2 Å². The summed E-state index contributed by atoms with van der Waals surface area (Å²) >= 11 is 0. The second-order valence-electron chi connectivity index (χ2n) is 11.2. The molecule has 1 N–H and O–H groups in total. The van der Waals surface area contributed by atoms with Gasteiger partial charge in [-0.05, 0) is 80.4 Å². The van der Waals surface area contributed by atoms with Gasteiger partial charge in [0.1, 0.15) is 25.4 Å². The number of carbonyl (C=O) groups excluding carboxylic acids is 1. The van der Waals surface area contributed by atoms with Crippen molar-refractivity contribution >= 4 is 11.7 Å². The fourth-order valence-electron chi connectivity index (χ4n) is 7.72. The fourth-order valence-corrected chi connectivity index (χ4v) is 7.72. The van der Waals surface area contributed by atoms with Crippen molar-refractivity contribution in [3.63, 3.8) is 0 Å². The predicted octanol–water partition coefficient (Wildman–Crippen LogP) is 3.96. The minimum Gasteiger partial charge on any atom is -0.486 e. The first-order chi connectivity index (χ1) is 16.6. The van der Waals surface area contributed by atoms with Crippen LogP contribution in [0.25, 0.3) is 0 Å². The summed E-state index contributed by atoms with van der Waals surface area (Å²) in [6, 6.07) is 6.20. The van der Waals surface area contributed by atoms with Crippen LogP contribution in [0.15, 0.2) is 24.5 Å². The van der Waals surface area contributed by atoms with Gasteiger partial charge >= 0.3 is 0 Å². The highest BCUT2D eigenvalue weighted by molar-refractivity contribution is 5.95. The summed E-state index contributed by atoms with van der Waals surface area (Å²) in [6.45, 7) is 3.70. The molecule has 0 spiro atoms. The molecular formula is C27H32N4O3. The summed E-state index contributed by atoms with van der Waals surface area (Å²) in [5, 5.41) is 3.29. The summed E-state index contributed by atoms with van der Waals surface area (Å²) in [5.74, 6) is 4.88. The molecule has 34 heavy (non-hydrogen) atoms. The van der Waals surface area contributed by atoms with E-state index < -0.39 is 0 Å². The molecule has 4 fully saturated rings. The fraction of sp³-hybridized carbons (Fsp3) is 0.593. The number of carbonyl (C=O) groups is 1. The monoisotopic (exact) mass is 460 g/mol. The molecule has 2 aromatic rings. The van der Waals surface area contributed by atoms with E-state index in [-0.39, 0.29) is 11.3 Å². The number of nitrogens with one attached hydrogen (secondary N) is 1. The Morgan fingerprint density at radius 3 is 2.53 bits per heavy atom. The Kier molecular flexibility index (Phi) is 4.83. The molecule has 6 aliphatic rings. The van der Waals surface area contributed by atoms with Crippen LogP contribution in [-0.4, -0.2) is 40.5 Å². The smallest absolute Gasteiger partial charge is 0.231 e. The van der Waals surface area contributed by atoms with Gasteiger partial charge in [-0.1, -0.05) is 6.07 Å². The lowest BCUT2D eigenvalue weighted by atomic mass is 9.49. The molecule has 0 radical (unpaired) electrons. The Bertz CT molecular complexity index is 1100. The Labute approximate surface area is 200 Å². The third kappa shape index (κ3) is 3.56. The van der Waals surface area contributed by atoms with E-state index in [1.807, 2.05) is 6.07 Å². The molecule has 3 heterocycles. The van der Waals surface area contributed by atoms with E-state index in [1.165, 1.54) is 24.8 Å². The summed E-state index contributed by atoms with van der Waals surface area (Å²) < 4.78 is 11.4. The Hall–Kier alpha value is -2.67. The van der Waals surface area contributed by atoms with Crippen LogP contribution in [0, 0.1) is 23.2 Å². The first kappa shape index (κ1) is 20.7. The molecule has 4 aliphatic carbocycles. The lowest BCUT2D eigenvalue weighted by Crippen LogP contribution is -2.52. The summed E-state index contributed by atoms with van der Waals surface area (Å²) in [4.78, 5) is 25.1. The van der Waals surface area contributed by atoms with Crippen LogP contribution in [0.4, 0.5) is 5.82 Å². The lowest BCUT2D eigenvalue weighted by molar-refractivity contribution is -0.140. The summed E-state index contributed by atoms with van der Waals surface area (Å²) in [6.07, 6.45) is 9.70. The first-order valence-corrected chi connectivity index (χ1v) is 12.9. The molecule has 7 heteroatoms. The highest BCUT2D eigenvalue weighted by Gasteiger charge is 2.54. The number of benzene rings is 1. The normalized spacial score (nSPS) is 31.2. The number of anilines is 1. The third-order valence-corrected chi connectivity index (χ3v) is 8.85. The molecule has 0 unspecified atom stereocenters. The van der Waals surface area contributed by atoms with Crippen LogP contribution in [-0.2, 0) is 24.3 Å². The van der Waals surface area contributed by atoms with Crippen molar-refractivity contribution in [1.29, 1.82) is 0 Å². The molecule has 4 bridgehead atoms. The predicted molar refractivity (Wildman–Crippen MR) is 127 cm³/mol. The van der Waals surface area contributed by atoms with Crippen LogP contribution in [0.1, 0.15) is 55.3 Å². The van der Waals surface area contributed by atoms with Gasteiger partial charge in [-0.3, -0.25) is 9.69 Å². The molecule has 1 aromatic heterocycles. The maximum Gasteiger partial charge on any atom is 0.231 e. The van der Waals surface area contributed by atoms with Crippen LogP contribution in [0.5, 0.6) is 11.5 Å². The molecular weight excluding hydrogens is 428 g/mol. The van der Waals surface area contributed by atoms with Crippen molar-refractivity contribution in [2.45, 2.75) is 58.0 Å². The number of rotatable bonds is 4. The van der Waals surface area contributed by atoms with Crippen molar-refractivity contribution in [3.8, 4) is 11.5 Å². The number of amides is 1. The van der Waals surface area contributed by atoms with Gasteiger partial charge in [0.25, 0.3) is 0 Å². The third-order valence-electron chi connectivity index (χ3n) is 8.85. The molecule has 2 aliphatic heterocycles. The second kappa shape index (κ2) is 7.94. The second-order valence-corrected chi connectivity index (χ2v) is 11.2. The zero-order valence-corrected chi connectivity index (χ0v) is 19.6. The molecule has 1 aromatic carbocycles. The highest BCUT2D eigenvalue weighted by Crippen LogP contribution is 2.60. The molecule has 7 nitrogen and oxygen atoms in total. The van der Waals surface area contributed by atoms with Crippen molar-refractivity contribution in [3.05, 3.63) is 41.3 Å². The Morgan fingerprint density at radius 1 is 1.03 bits per heavy atom. The van der Waals surface area contributed by atoms with Crippen molar-refractivity contribution in [2.75, 3.05) is 25.1 Å². The van der Waals surface area contributed by atoms with Crippen molar-refractivity contribution < 1.29 is 14.3 Å². The topological polar surface area (TPSA) is 76.6 Å². The number of hydrogen-bond donors (Lipinski definition) is 1. The van der Waals surface area contributed by atoms with Gasteiger partial charge in [-0.2, -0.15) is 0 Å². The quantitative estimate of drug-likeness (QED) is 0.744. The number of ether oxygens (including phenoxy) is 2. The average molecular weight is 461 g/mol. The van der Waals surface area contributed by atoms with E-state index >= 15 is 0 Å². The molecule has 0 atom stereocenters.